The predicted octanol–water partition coefficient (Wildman–Crippen LogP) is 4.22. The zero-order valence-corrected chi connectivity index (χ0v) is 17.3. The third-order valence-corrected chi connectivity index (χ3v) is 7.22. The highest BCUT2D eigenvalue weighted by atomic mass is 35.5. The Labute approximate surface area is 180 Å². The maximum atomic E-state index is 11.3. The first-order chi connectivity index (χ1) is 14.6. The van der Waals surface area contributed by atoms with Crippen molar-refractivity contribution in [2.24, 2.45) is 16.8 Å². The van der Waals surface area contributed by atoms with Gasteiger partial charge < -0.3 is 10.5 Å². The molecule has 3 unspecified atom stereocenters. The lowest BCUT2D eigenvalue weighted by atomic mass is 9.76. The zero-order chi connectivity index (χ0) is 20.8. The van der Waals surface area contributed by atoms with Gasteiger partial charge in [-0.3, -0.25) is 10.0 Å². The average Bonchev–Trinajstić information content (AvgIpc) is 3.40. The van der Waals surface area contributed by atoms with Crippen LogP contribution in [0.3, 0.4) is 0 Å². The van der Waals surface area contributed by atoms with Crippen LogP contribution in [-0.2, 0) is 4.79 Å². The maximum Gasteiger partial charge on any atom is 0.354 e. The summed E-state index contributed by atoms with van der Waals surface area (Å²) < 4.78 is 0. The van der Waals surface area contributed by atoms with Crippen molar-refractivity contribution in [2.75, 3.05) is 5.01 Å². The van der Waals surface area contributed by atoms with Crippen LogP contribution in [0.4, 0.5) is 5.69 Å². The number of carboxylic acid groups (broad SMARTS) is 1. The molecular weight excluding hydrogens is 400 g/mol. The highest BCUT2D eigenvalue weighted by molar-refractivity contribution is 6.40. The summed E-state index contributed by atoms with van der Waals surface area (Å²) in [6, 6.07) is 7.94. The number of carbonyl (C=O) groups is 1. The molecule has 2 aliphatic heterocycles. The maximum absolute atomic E-state index is 11.3. The molecule has 1 aromatic rings. The van der Waals surface area contributed by atoms with Gasteiger partial charge in [0.05, 0.1) is 28.4 Å². The van der Waals surface area contributed by atoms with E-state index in [2.05, 4.69) is 21.5 Å². The monoisotopic (exact) mass is 422 g/mol. The van der Waals surface area contributed by atoms with Crippen molar-refractivity contribution >= 4 is 29.0 Å². The largest absolute Gasteiger partial charge is 0.477 e. The number of nitriles is 1. The van der Waals surface area contributed by atoms with E-state index in [0.717, 1.165) is 29.8 Å². The molecule has 0 spiro atoms. The third-order valence-electron chi connectivity index (χ3n) is 6.91. The van der Waals surface area contributed by atoms with Gasteiger partial charge in [-0.05, 0) is 61.4 Å². The number of carboxylic acids is 1. The molecule has 3 atom stereocenters. The van der Waals surface area contributed by atoms with E-state index in [9.17, 15) is 15.2 Å². The fourth-order valence-corrected chi connectivity index (χ4v) is 5.78. The molecule has 1 saturated heterocycles. The van der Waals surface area contributed by atoms with E-state index in [1.54, 1.807) is 12.1 Å². The summed E-state index contributed by atoms with van der Waals surface area (Å²) in [6.45, 7) is 0. The van der Waals surface area contributed by atoms with Crippen LogP contribution in [0.15, 0.2) is 46.6 Å². The number of nitrogens with zero attached hydrogens (tertiary/aromatic N) is 3. The van der Waals surface area contributed by atoms with Crippen molar-refractivity contribution in [3.05, 3.63) is 52.2 Å². The summed E-state index contributed by atoms with van der Waals surface area (Å²) in [6.07, 6.45) is 10.3. The number of rotatable bonds is 3. The number of hydrogen-bond donors (Lipinski definition) is 2. The second-order valence-corrected chi connectivity index (χ2v) is 8.92. The molecule has 0 amide bonds. The SMILES string of the molecule is N#Cc1ccc(N2NC3=C4C=CC(C(=O)O)=NC4CCC3C2C2CCCC2)cc1Cl. The van der Waals surface area contributed by atoms with Gasteiger partial charge in [-0.1, -0.05) is 30.5 Å². The molecular formula is C23H23ClN4O2. The first kappa shape index (κ1) is 19.2. The lowest BCUT2D eigenvalue weighted by Gasteiger charge is -2.34. The first-order valence-corrected chi connectivity index (χ1v) is 10.9. The molecule has 2 aliphatic carbocycles. The molecule has 0 aromatic heterocycles. The number of benzene rings is 1. The number of dihydropyridines is 1. The molecule has 30 heavy (non-hydrogen) atoms. The van der Waals surface area contributed by atoms with Gasteiger partial charge in [0.1, 0.15) is 11.8 Å². The molecule has 2 N–H and O–H groups in total. The number of halogens is 1. The molecule has 0 bridgehead atoms. The standard InChI is InChI=1S/C23H23ClN4O2/c24-18-11-15(6-5-14(18)12-25)28-22(13-3-1-2-4-13)17-8-9-19-16(21(17)27-28)7-10-20(26-19)23(29)30/h5-7,10-11,13,17,19,22,27H,1-4,8-9H2,(H,29,30). The molecule has 154 valence electrons. The van der Waals surface area contributed by atoms with Crippen LogP contribution in [0.2, 0.25) is 5.02 Å². The van der Waals surface area contributed by atoms with Crippen molar-refractivity contribution in [3.8, 4) is 6.07 Å². The summed E-state index contributed by atoms with van der Waals surface area (Å²) in [7, 11) is 0. The molecule has 5 rings (SSSR count). The second kappa shape index (κ2) is 7.48. The van der Waals surface area contributed by atoms with Crippen molar-refractivity contribution < 1.29 is 9.90 Å². The Morgan fingerprint density at radius 1 is 1.23 bits per heavy atom. The molecule has 1 saturated carbocycles. The Morgan fingerprint density at radius 3 is 2.73 bits per heavy atom. The van der Waals surface area contributed by atoms with E-state index in [4.69, 9.17) is 11.6 Å². The van der Waals surface area contributed by atoms with Gasteiger partial charge in [-0.2, -0.15) is 5.26 Å². The molecule has 7 heteroatoms. The van der Waals surface area contributed by atoms with Gasteiger partial charge >= 0.3 is 5.97 Å². The van der Waals surface area contributed by atoms with Gasteiger partial charge in [-0.15, -0.1) is 0 Å². The fourth-order valence-electron chi connectivity index (χ4n) is 5.56. The molecule has 4 aliphatic rings. The predicted molar refractivity (Wildman–Crippen MR) is 115 cm³/mol. The van der Waals surface area contributed by atoms with Crippen LogP contribution in [0, 0.1) is 23.2 Å². The number of anilines is 1. The summed E-state index contributed by atoms with van der Waals surface area (Å²) in [4.78, 5) is 15.8. The van der Waals surface area contributed by atoms with Crippen LogP contribution >= 0.6 is 11.6 Å². The smallest absolute Gasteiger partial charge is 0.354 e. The van der Waals surface area contributed by atoms with E-state index >= 15 is 0 Å². The summed E-state index contributed by atoms with van der Waals surface area (Å²) in [5.41, 5.74) is 7.47. The number of hydrogen-bond acceptors (Lipinski definition) is 5. The van der Waals surface area contributed by atoms with Crippen LogP contribution in [-0.4, -0.2) is 28.9 Å². The molecule has 0 radical (unpaired) electrons. The number of hydrazine groups is 1. The Morgan fingerprint density at radius 2 is 2.03 bits per heavy atom. The van der Waals surface area contributed by atoms with E-state index < -0.39 is 5.97 Å². The second-order valence-electron chi connectivity index (χ2n) is 8.51. The van der Waals surface area contributed by atoms with Gasteiger partial charge in [0.25, 0.3) is 0 Å². The Hall–Kier alpha value is -2.78. The van der Waals surface area contributed by atoms with Crippen molar-refractivity contribution in [1.29, 1.82) is 5.26 Å². The molecule has 2 heterocycles. The Balaban J connectivity index is 1.55. The Bertz CT molecular complexity index is 1030. The summed E-state index contributed by atoms with van der Waals surface area (Å²) >= 11 is 6.35. The van der Waals surface area contributed by atoms with Crippen molar-refractivity contribution in [3.63, 3.8) is 0 Å². The summed E-state index contributed by atoms with van der Waals surface area (Å²) in [5.74, 6) is -0.0216. The lowest BCUT2D eigenvalue weighted by Crippen LogP contribution is -2.42. The number of fused-ring (bicyclic) bond motifs is 2. The minimum atomic E-state index is -0.977. The molecule has 1 aromatic carbocycles. The van der Waals surface area contributed by atoms with Gasteiger partial charge in [0.15, 0.2) is 0 Å². The summed E-state index contributed by atoms with van der Waals surface area (Å²) in [5, 5.41) is 21.2. The van der Waals surface area contributed by atoms with Crippen LogP contribution in [0.1, 0.15) is 44.1 Å². The van der Waals surface area contributed by atoms with E-state index in [-0.39, 0.29) is 11.8 Å². The topological polar surface area (TPSA) is 88.7 Å². The Kier molecular flexibility index (Phi) is 4.79. The van der Waals surface area contributed by atoms with E-state index in [1.165, 1.54) is 25.7 Å². The minimum Gasteiger partial charge on any atom is -0.477 e. The van der Waals surface area contributed by atoms with Crippen LogP contribution in [0.5, 0.6) is 0 Å². The lowest BCUT2D eigenvalue weighted by molar-refractivity contribution is -0.129. The highest BCUT2D eigenvalue weighted by Crippen LogP contribution is 2.47. The zero-order valence-electron chi connectivity index (χ0n) is 16.5. The van der Waals surface area contributed by atoms with Gasteiger partial charge in [0, 0.05) is 11.6 Å². The van der Waals surface area contributed by atoms with Crippen molar-refractivity contribution in [1.82, 2.24) is 5.43 Å². The van der Waals surface area contributed by atoms with Gasteiger partial charge in [-0.25, -0.2) is 4.79 Å². The average molecular weight is 423 g/mol. The minimum absolute atomic E-state index is 0.103. The highest BCUT2D eigenvalue weighted by Gasteiger charge is 2.47. The van der Waals surface area contributed by atoms with Crippen LogP contribution < -0.4 is 10.4 Å². The number of aliphatic carboxylic acids is 1. The van der Waals surface area contributed by atoms with E-state index in [1.807, 2.05) is 18.2 Å². The third kappa shape index (κ3) is 3.09. The van der Waals surface area contributed by atoms with Crippen molar-refractivity contribution in [2.45, 2.75) is 50.6 Å². The quantitative estimate of drug-likeness (QED) is 0.761. The number of aliphatic imine (C=N–C) groups is 1. The van der Waals surface area contributed by atoms with E-state index in [0.29, 0.717) is 28.5 Å². The van der Waals surface area contributed by atoms with Crippen LogP contribution in [0.25, 0.3) is 0 Å². The normalized spacial score (nSPS) is 27.9. The fraction of sp³-hybridized carbons (Fsp3) is 0.435. The first-order valence-electron chi connectivity index (χ1n) is 10.6. The molecule has 2 fully saturated rings. The van der Waals surface area contributed by atoms with Gasteiger partial charge in [0.2, 0.25) is 0 Å². The number of nitrogens with one attached hydrogen (secondary N) is 1. The molecule has 6 nitrogen and oxygen atoms in total.